The zero-order chi connectivity index (χ0) is 12.8. The molecule has 0 saturated carbocycles. The fourth-order valence-corrected chi connectivity index (χ4v) is 2.04. The molecule has 2 rings (SSSR count). The van der Waals surface area contributed by atoms with Gasteiger partial charge in [0, 0.05) is 24.0 Å². The van der Waals surface area contributed by atoms with Gasteiger partial charge in [-0.2, -0.15) is 0 Å². The standard InChI is InChI=1S/C14H19N3O/c1-3-12(17-10-14-15-8-9-16-14)11-6-4-5-7-13(11)18-2/h4-9,12,17H,3,10H2,1-2H3,(H,15,16). The molecule has 1 heterocycles. The molecule has 18 heavy (non-hydrogen) atoms. The Bertz CT molecular complexity index is 468. The van der Waals surface area contributed by atoms with E-state index in [2.05, 4.69) is 28.3 Å². The number of para-hydroxylation sites is 1. The van der Waals surface area contributed by atoms with Gasteiger partial charge in [-0.15, -0.1) is 0 Å². The monoisotopic (exact) mass is 245 g/mol. The highest BCUT2D eigenvalue weighted by Gasteiger charge is 2.13. The number of methoxy groups -OCH3 is 1. The minimum Gasteiger partial charge on any atom is -0.496 e. The van der Waals surface area contributed by atoms with Crippen LogP contribution in [0.2, 0.25) is 0 Å². The molecule has 4 heteroatoms. The van der Waals surface area contributed by atoms with Crippen molar-refractivity contribution >= 4 is 0 Å². The van der Waals surface area contributed by atoms with E-state index in [1.807, 2.05) is 24.4 Å². The van der Waals surface area contributed by atoms with Gasteiger partial charge in [0.25, 0.3) is 0 Å². The van der Waals surface area contributed by atoms with E-state index in [1.54, 1.807) is 13.3 Å². The second kappa shape index (κ2) is 6.21. The Morgan fingerprint density at radius 1 is 1.39 bits per heavy atom. The average Bonchev–Trinajstić information content (AvgIpc) is 2.93. The van der Waals surface area contributed by atoms with Gasteiger partial charge >= 0.3 is 0 Å². The van der Waals surface area contributed by atoms with Crippen molar-refractivity contribution < 1.29 is 4.74 Å². The summed E-state index contributed by atoms with van der Waals surface area (Å²) in [6, 6.07) is 8.39. The average molecular weight is 245 g/mol. The van der Waals surface area contributed by atoms with Crippen molar-refractivity contribution in [3.63, 3.8) is 0 Å². The van der Waals surface area contributed by atoms with Crippen LogP contribution in [-0.2, 0) is 6.54 Å². The molecule has 2 aromatic rings. The van der Waals surface area contributed by atoms with Gasteiger partial charge in [0.1, 0.15) is 11.6 Å². The number of benzene rings is 1. The van der Waals surface area contributed by atoms with Crippen LogP contribution < -0.4 is 10.1 Å². The van der Waals surface area contributed by atoms with Crippen LogP contribution in [0.5, 0.6) is 5.75 Å². The van der Waals surface area contributed by atoms with E-state index in [0.717, 1.165) is 24.5 Å². The molecule has 0 radical (unpaired) electrons. The molecule has 0 aliphatic carbocycles. The number of aromatic nitrogens is 2. The minimum atomic E-state index is 0.270. The molecular weight excluding hydrogens is 226 g/mol. The number of aromatic amines is 1. The zero-order valence-electron chi connectivity index (χ0n) is 10.8. The van der Waals surface area contributed by atoms with Crippen molar-refractivity contribution in [3.8, 4) is 5.75 Å². The molecule has 0 amide bonds. The first kappa shape index (κ1) is 12.6. The largest absolute Gasteiger partial charge is 0.496 e. The Hall–Kier alpha value is -1.81. The summed E-state index contributed by atoms with van der Waals surface area (Å²) in [4.78, 5) is 7.30. The van der Waals surface area contributed by atoms with Crippen molar-refractivity contribution in [2.45, 2.75) is 25.9 Å². The molecule has 0 saturated heterocycles. The Morgan fingerprint density at radius 2 is 2.22 bits per heavy atom. The lowest BCUT2D eigenvalue weighted by Gasteiger charge is -2.19. The van der Waals surface area contributed by atoms with E-state index < -0.39 is 0 Å². The topological polar surface area (TPSA) is 49.9 Å². The SMILES string of the molecule is CCC(NCc1ncc[nH]1)c1ccccc1OC. The van der Waals surface area contributed by atoms with Gasteiger partial charge in [-0.05, 0) is 12.5 Å². The number of nitrogens with zero attached hydrogens (tertiary/aromatic N) is 1. The number of H-pyrrole nitrogens is 1. The highest BCUT2D eigenvalue weighted by Crippen LogP contribution is 2.26. The second-order valence-electron chi connectivity index (χ2n) is 4.12. The summed E-state index contributed by atoms with van der Waals surface area (Å²) < 4.78 is 5.40. The number of ether oxygens (including phenoxy) is 1. The summed E-state index contributed by atoms with van der Waals surface area (Å²) in [5, 5.41) is 3.49. The van der Waals surface area contributed by atoms with Crippen LogP contribution in [0.1, 0.15) is 30.8 Å². The van der Waals surface area contributed by atoms with E-state index in [0.29, 0.717) is 0 Å². The smallest absolute Gasteiger partial charge is 0.123 e. The van der Waals surface area contributed by atoms with Gasteiger partial charge in [0.15, 0.2) is 0 Å². The second-order valence-corrected chi connectivity index (χ2v) is 4.12. The van der Waals surface area contributed by atoms with E-state index in [4.69, 9.17) is 4.74 Å². The lowest BCUT2D eigenvalue weighted by Crippen LogP contribution is -2.21. The van der Waals surface area contributed by atoms with Gasteiger partial charge in [-0.25, -0.2) is 4.98 Å². The number of nitrogens with one attached hydrogen (secondary N) is 2. The summed E-state index contributed by atoms with van der Waals surface area (Å²) >= 11 is 0. The minimum absolute atomic E-state index is 0.270. The van der Waals surface area contributed by atoms with Crippen LogP contribution in [0.25, 0.3) is 0 Å². The first-order chi connectivity index (χ1) is 8.85. The molecule has 0 aliphatic heterocycles. The molecule has 0 aliphatic rings. The predicted molar refractivity (Wildman–Crippen MR) is 71.5 cm³/mol. The Kier molecular flexibility index (Phi) is 4.36. The van der Waals surface area contributed by atoms with Crippen LogP contribution in [0, 0.1) is 0 Å². The molecule has 0 fully saturated rings. The Labute approximate surface area is 107 Å². The molecule has 0 bridgehead atoms. The van der Waals surface area contributed by atoms with Gasteiger partial charge in [0.05, 0.1) is 13.7 Å². The van der Waals surface area contributed by atoms with Gasteiger partial charge < -0.3 is 15.0 Å². The zero-order valence-corrected chi connectivity index (χ0v) is 10.8. The molecule has 1 unspecified atom stereocenters. The maximum Gasteiger partial charge on any atom is 0.123 e. The molecule has 2 N–H and O–H groups in total. The van der Waals surface area contributed by atoms with Crippen molar-refractivity contribution in [1.82, 2.24) is 15.3 Å². The molecule has 1 aromatic heterocycles. The van der Waals surface area contributed by atoms with Crippen molar-refractivity contribution in [2.75, 3.05) is 7.11 Å². The first-order valence-corrected chi connectivity index (χ1v) is 6.19. The van der Waals surface area contributed by atoms with Crippen LogP contribution in [0.4, 0.5) is 0 Å². The van der Waals surface area contributed by atoms with E-state index in [-0.39, 0.29) is 6.04 Å². The van der Waals surface area contributed by atoms with Gasteiger partial charge in [0.2, 0.25) is 0 Å². The van der Waals surface area contributed by atoms with Crippen molar-refractivity contribution in [2.24, 2.45) is 0 Å². The maximum atomic E-state index is 5.40. The molecule has 1 atom stereocenters. The normalized spacial score (nSPS) is 12.3. The molecule has 4 nitrogen and oxygen atoms in total. The third-order valence-electron chi connectivity index (χ3n) is 2.99. The number of hydrogen-bond donors (Lipinski definition) is 2. The fourth-order valence-electron chi connectivity index (χ4n) is 2.04. The lowest BCUT2D eigenvalue weighted by molar-refractivity contribution is 0.396. The highest BCUT2D eigenvalue weighted by molar-refractivity contribution is 5.35. The summed E-state index contributed by atoms with van der Waals surface area (Å²) in [6.45, 7) is 2.88. The number of imidazole rings is 1. The summed E-state index contributed by atoms with van der Waals surface area (Å²) in [5.74, 6) is 1.87. The quantitative estimate of drug-likeness (QED) is 0.822. The van der Waals surface area contributed by atoms with Crippen LogP contribution in [0.15, 0.2) is 36.7 Å². The predicted octanol–water partition coefficient (Wildman–Crippen LogP) is 2.66. The summed E-state index contributed by atoms with van der Waals surface area (Å²) in [7, 11) is 1.71. The Morgan fingerprint density at radius 3 is 2.89 bits per heavy atom. The van der Waals surface area contributed by atoms with Crippen molar-refractivity contribution in [1.29, 1.82) is 0 Å². The van der Waals surface area contributed by atoms with Gasteiger partial charge in [-0.1, -0.05) is 25.1 Å². The molecular formula is C14H19N3O. The molecule has 96 valence electrons. The highest BCUT2D eigenvalue weighted by atomic mass is 16.5. The van der Waals surface area contributed by atoms with E-state index in [9.17, 15) is 0 Å². The summed E-state index contributed by atoms with van der Waals surface area (Å²) in [6.07, 6.45) is 4.60. The third-order valence-corrected chi connectivity index (χ3v) is 2.99. The van der Waals surface area contributed by atoms with Crippen molar-refractivity contribution in [3.05, 3.63) is 48.0 Å². The maximum absolute atomic E-state index is 5.40. The molecule has 1 aromatic carbocycles. The lowest BCUT2D eigenvalue weighted by atomic mass is 10.0. The Balaban J connectivity index is 2.08. The fraction of sp³-hybridized carbons (Fsp3) is 0.357. The van der Waals surface area contributed by atoms with Crippen LogP contribution in [0.3, 0.4) is 0 Å². The molecule has 0 spiro atoms. The van der Waals surface area contributed by atoms with E-state index in [1.165, 1.54) is 5.56 Å². The third kappa shape index (κ3) is 2.90. The van der Waals surface area contributed by atoms with Crippen LogP contribution >= 0.6 is 0 Å². The number of hydrogen-bond acceptors (Lipinski definition) is 3. The van der Waals surface area contributed by atoms with E-state index >= 15 is 0 Å². The number of rotatable bonds is 6. The summed E-state index contributed by atoms with van der Waals surface area (Å²) in [5.41, 5.74) is 1.19. The van der Waals surface area contributed by atoms with Crippen LogP contribution in [-0.4, -0.2) is 17.1 Å². The first-order valence-electron chi connectivity index (χ1n) is 6.19. The van der Waals surface area contributed by atoms with Gasteiger partial charge in [-0.3, -0.25) is 0 Å².